The molecule has 3 rings (SSSR count). The average molecular weight is 251 g/mol. The van der Waals surface area contributed by atoms with E-state index in [1.807, 2.05) is 0 Å². The SMILES string of the molecule is CN1C(=O)CCC(NC2CCN(C3CC3)C2)C1=O. The number of carbonyl (C=O) groups is 2. The van der Waals surface area contributed by atoms with Crippen molar-refractivity contribution in [1.29, 1.82) is 0 Å². The molecule has 1 saturated carbocycles. The predicted octanol–water partition coefficient (Wildman–Crippen LogP) is -0.0399. The number of imide groups is 1. The van der Waals surface area contributed by atoms with Crippen LogP contribution < -0.4 is 5.32 Å². The molecule has 0 bridgehead atoms. The quantitative estimate of drug-likeness (QED) is 0.715. The summed E-state index contributed by atoms with van der Waals surface area (Å²) in [6.45, 7) is 2.21. The number of carbonyl (C=O) groups excluding carboxylic acids is 2. The first-order chi connectivity index (χ1) is 8.65. The van der Waals surface area contributed by atoms with Crippen LogP contribution in [-0.4, -0.2) is 59.9 Å². The van der Waals surface area contributed by atoms with E-state index >= 15 is 0 Å². The Morgan fingerprint density at radius 3 is 2.67 bits per heavy atom. The minimum atomic E-state index is -0.156. The van der Waals surface area contributed by atoms with Crippen LogP contribution in [0.5, 0.6) is 0 Å². The van der Waals surface area contributed by atoms with E-state index < -0.39 is 0 Å². The van der Waals surface area contributed by atoms with Crippen molar-refractivity contribution < 1.29 is 9.59 Å². The van der Waals surface area contributed by atoms with Gasteiger partial charge in [0.05, 0.1) is 6.04 Å². The Hall–Kier alpha value is -0.940. The zero-order valence-corrected chi connectivity index (χ0v) is 10.9. The monoisotopic (exact) mass is 251 g/mol. The number of nitrogens with zero attached hydrogens (tertiary/aromatic N) is 2. The number of rotatable bonds is 3. The Kier molecular flexibility index (Phi) is 3.11. The van der Waals surface area contributed by atoms with Crippen LogP contribution in [0.2, 0.25) is 0 Å². The van der Waals surface area contributed by atoms with Gasteiger partial charge in [0.1, 0.15) is 0 Å². The predicted molar refractivity (Wildman–Crippen MR) is 66.9 cm³/mol. The molecular formula is C13H21N3O2. The van der Waals surface area contributed by atoms with Crippen LogP contribution in [0.4, 0.5) is 0 Å². The van der Waals surface area contributed by atoms with E-state index in [0.717, 1.165) is 25.6 Å². The second-order valence-electron chi connectivity index (χ2n) is 5.76. The van der Waals surface area contributed by atoms with E-state index in [9.17, 15) is 9.59 Å². The standard InChI is InChI=1S/C13H21N3O2/c1-15-12(17)5-4-11(13(15)18)14-9-6-7-16(8-9)10-2-3-10/h9-11,14H,2-8H2,1H3. The number of likely N-dealkylation sites (tertiary alicyclic amines) is 2. The number of hydrogen-bond acceptors (Lipinski definition) is 4. The fourth-order valence-electron chi connectivity index (χ4n) is 3.05. The van der Waals surface area contributed by atoms with Crippen molar-refractivity contribution in [3.05, 3.63) is 0 Å². The first kappa shape index (κ1) is 12.1. The smallest absolute Gasteiger partial charge is 0.246 e. The molecule has 18 heavy (non-hydrogen) atoms. The molecule has 0 aromatic carbocycles. The van der Waals surface area contributed by atoms with Crippen molar-refractivity contribution in [3.63, 3.8) is 0 Å². The third kappa shape index (κ3) is 2.29. The van der Waals surface area contributed by atoms with Gasteiger partial charge in [-0.05, 0) is 25.7 Å². The van der Waals surface area contributed by atoms with Crippen molar-refractivity contribution in [3.8, 4) is 0 Å². The zero-order valence-electron chi connectivity index (χ0n) is 10.9. The van der Waals surface area contributed by atoms with Crippen molar-refractivity contribution in [2.24, 2.45) is 0 Å². The molecule has 1 aliphatic carbocycles. The zero-order chi connectivity index (χ0) is 12.7. The third-order valence-corrected chi connectivity index (χ3v) is 4.37. The summed E-state index contributed by atoms with van der Waals surface area (Å²) in [4.78, 5) is 27.2. The van der Waals surface area contributed by atoms with Crippen LogP contribution in [0.25, 0.3) is 0 Å². The van der Waals surface area contributed by atoms with Crippen LogP contribution in [-0.2, 0) is 9.59 Å². The lowest BCUT2D eigenvalue weighted by Crippen LogP contribution is -2.54. The van der Waals surface area contributed by atoms with E-state index in [2.05, 4.69) is 10.2 Å². The summed E-state index contributed by atoms with van der Waals surface area (Å²) < 4.78 is 0. The molecule has 0 aromatic rings. The Labute approximate surface area is 107 Å². The van der Waals surface area contributed by atoms with Crippen molar-refractivity contribution in [2.45, 2.75) is 50.2 Å². The maximum Gasteiger partial charge on any atom is 0.246 e. The molecule has 1 N–H and O–H groups in total. The summed E-state index contributed by atoms with van der Waals surface area (Å²) in [6.07, 6.45) is 4.94. The number of hydrogen-bond donors (Lipinski definition) is 1. The minimum Gasteiger partial charge on any atom is -0.302 e. The second kappa shape index (κ2) is 4.63. The molecule has 5 heteroatoms. The maximum absolute atomic E-state index is 12.0. The highest BCUT2D eigenvalue weighted by Crippen LogP contribution is 2.30. The van der Waals surface area contributed by atoms with E-state index in [0.29, 0.717) is 18.9 Å². The second-order valence-corrected chi connectivity index (χ2v) is 5.76. The Bertz CT molecular complexity index is 367. The summed E-state index contributed by atoms with van der Waals surface area (Å²) in [7, 11) is 1.59. The lowest BCUT2D eigenvalue weighted by molar-refractivity contribution is -0.148. The van der Waals surface area contributed by atoms with Gasteiger partial charge in [0.2, 0.25) is 11.8 Å². The van der Waals surface area contributed by atoms with Crippen LogP contribution >= 0.6 is 0 Å². The molecule has 3 aliphatic rings. The van der Waals surface area contributed by atoms with Gasteiger partial charge in [-0.2, -0.15) is 0 Å². The lowest BCUT2D eigenvalue weighted by atomic mass is 10.0. The summed E-state index contributed by atoms with van der Waals surface area (Å²) in [5.74, 6) is -0.111. The van der Waals surface area contributed by atoms with Gasteiger partial charge in [0.25, 0.3) is 0 Å². The normalized spacial score (nSPS) is 34.4. The summed E-state index contributed by atoms with van der Waals surface area (Å²) >= 11 is 0. The van der Waals surface area contributed by atoms with Gasteiger partial charge in [0, 0.05) is 38.6 Å². The molecular weight excluding hydrogens is 230 g/mol. The van der Waals surface area contributed by atoms with Gasteiger partial charge in [0.15, 0.2) is 0 Å². The molecule has 3 fully saturated rings. The van der Waals surface area contributed by atoms with E-state index in [4.69, 9.17) is 0 Å². The van der Waals surface area contributed by atoms with Gasteiger partial charge in [-0.3, -0.25) is 19.4 Å². The first-order valence-corrected chi connectivity index (χ1v) is 6.95. The highest BCUT2D eigenvalue weighted by atomic mass is 16.2. The van der Waals surface area contributed by atoms with Crippen LogP contribution in [0.15, 0.2) is 0 Å². The maximum atomic E-state index is 12.0. The van der Waals surface area contributed by atoms with Crippen LogP contribution in [0, 0.1) is 0 Å². The van der Waals surface area contributed by atoms with Gasteiger partial charge in [-0.1, -0.05) is 0 Å². The summed E-state index contributed by atoms with van der Waals surface area (Å²) in [5.41, 5.74) is 0. The van der Waals surface area contributed by atoms with Gasteiger partial charge < -0.3 is 5.32 Å². The number of piperidine rings is 1. The molecule has 2 atom stereocenters. The third-order valence-electron chi connectivity index (χ3n) is 4.37. The van der Waals surface area contributed by atoms with Gasteiger partial charge in [-0.25, -0.2) is 0 Å². The highest BCUT2D eigenvalue weighted by molar-refractivity contribution is 6.00. The fourth-order valence-corrected chi connectivity index (χ4v) is 3.05. The van der Waals surface area contributed by atoms with Gasteiger partial charge >= 0.3 is 0 Å². The molecule has 2 amide bonds. The molecule has 0 spiro atoms. The van der Waals surface area contributed by atoms with Crippen LogP contribution in [0.3, 0.4) is 0 Å². The molecule has 2 aliphatic heterocycles. The summed E-state index contributed by atoms with van der Waals surface area (Å²) in [6, 6.07) is 1.07. The van der Waals surface area contributed by atoms with Crippen LogP contribution in [0.1, 0.15) is 32.1 Å². The minimum absolute atomic E-state index is 0.0518. The summed E-state index contributed by atoms with van der Waals surface area (Å²) in [5, 5.41) is 3.45. The van der Waals surface area contributed by atoms with Gasteiger partial charge in [-0.15, -0.1) is 0 Å². The fraction of sp³-hybridized carbons (Fsp3) is 0.846. The number of likely N-dealkylation sites (N-methyl/N-ethyl adjacent to an activating group) is 1. The van der Waals surface area contributed by atoms with E-state index in [1.165, 1.54) is 17.7 Å². The molecule has 0 radical (unpaired) electrons. The Balaban J connectivity index is 1.53. The number of nitrogens with one attached hydrogen (secondary N) is 1. The topological polar surface area (TPSA) is 52.7 Å². The van der Waals surface area contributed by atoms with Crippen molar-refractivity contribution in [1.82, 2.24) is 15.1 Å². The number of amides is 2. The van der Waals surface area contributed by atoms with E-state index in [-0.39, 0.29) is 17.9 Å². The average Bonchev–Trinajstić information content (AvgIpc) is 3.11. The molecule has 5 nitrogen and oxygen atoms in total. The molecule has 2 unspecified atom stereocenters. The molecule has 0 aromatic heterocycles. The highest BCUT2D eigenvalue weighted by Gasteiger charge is 2.37. The molecule has 2 heterocycles. The van der Waals surface area contributed by atoms with Crippen molar-refractivity contribution in [2.75, 3.05) is 20.1 Å². The lowest BCUT2D eigenvalue weighted by Gasteiger charge is -2.30. The Morgan fingerprint density at radius 1 is 1.17 bits per heavy atom. The molecule has 2 saturated heterocycles. The molecule has 100 valence electrons. The van der Waals surface area contributed by atoms with Crippen molar-refractivity contribution >= 4 is 11.8 Å². The largest absolute Gasteiger partial charge is 0.302 e. The van der Waals surface area contributed by atoms with E-state index in [1.54, 1.807) is 7.05 Å². The Morgan fingerprint density at radius 2 is 1.94 bits per heavy atom. The first-order valence-electron chi connectivity index (χ1n) is 6.95.